The molecular formula is C19H25ClN4O3. The second-order valence-corrected chi connectivity index (χ2v) is 7.60. The molecule has 1 aromatic rings. The van der Waals surface area contributed by atoms with Crippen molar-refractivity contribution in [1.82, 2.24) is 21.1 Å². The van der Waals surface area contributed by atoms with Gasteiger partial charge in [-0.25, -0.2) is 4.79 Å². The summed E-state index contributed by atoms with van der Waals surface area (Å²) >= 11 is 6.17. The van der Waals surface area contributed by atoms with E-state index in [4.69, 9.17) is 11.6 Å². The lowest BCUT2D eigenvalue weighted by atomic mass is 9.82. The van der Waals surface area contributed by atoms with Crippen LogP contribution in [0.2, 0.25) is 5.02 Å². The monoisotopic (exact) mass is 392 g/mol. The van der Waals surface area contributed by atoms with Crippen molar-refractivity contribution in [3.05, 3.63) is 34.9 Å². The van der Waals surface area contributed by atoms with Gasteiger partial charge in [0.15, 0.2) is 0 Å². The molecule has 1 saturated heterocycles. The van der Waals surface area contributed by atoms with Crippen molar-refractivity contribution < 1.29 is 14.4 Å². The average Bonchev–Trinajstić information content (AvgIpc) is 2.86. The van der Waals surface area contributed by atoms with Crippen molar-refractivity contribution in [3.8, 4) is 0 Å². The lowest BCUT2D eigenvalue weighted by Crippen LogP contribution is -2.51. The Kier molecular flexibility index (Phi) is 6.01. The number of amides is 4. The van der Waals surface area contributed by atoms with Gasteiger partial charge < -0.3 is 10.6 Å². The van der Waals surface area contributed by atoms with Crippen molar-refractivity contribution in [2.75, 3.05) is 6.54 Å². The molecule has 1 atom stereocenters. The van der Waals surface area contributed by atoms with Gasteiger partial charge in [0.05, 0.1) is 0 Å². The van der Waals surface area contributed by atoms with Crippen LogP contribution in [0.4, 0.5) is 4.79 Å². The number of hydrazine groups is 1. The molecule has 1 spiro atoms. The number of nitrogens with zero attached hydrogens (tertiary/aromatic N) is 1. The van der Waals surface area contributed by atoms with E-state index < -0.39 is 11.6 Å². The highest BCUT2D eigenvalue weighted by atomic mass is 35.5. The fraction of sp³-hybridized carbons (Fsp3) is 0.526. The Morgan fingerprint density at radius 2 is 1.96 bits per heavy atom. The van der Waals surface area contributed by atoms with Gasteiger partial charge in [0.2, 0.25) is 5.91 Å². The first-order valence-electron chi connectivity index (χ1n) is 9.37. The van der Waals surface area contributed by atoms with E-state index >= 15 is 0 Å². The van der Waals surface area contributed by atoms with Gasteiger partial charge in [0.25, 0.3) is 5.91 Å². The Hall–Kier alpha value is -2.12. The minimum atomic E-state index is -0.834. The molecule has 1 heterocycles. The topological polar surface area (TPSA) is 90.5 Å². The maximum atomic E-state index is 12.6. The lowest BCUT2D eigenvalue weighted by molar-refractivity contribution is -0.139. The number of urea groups is 1. The number of nitrogens with one attached hydrogen (secondary N) is 3. The van der Waals surface area contributed by atoms with E-state index in [1.807, 2.05) is 31.2 Å². The summed E-state index contributed by atoms with van der Waals surface area (Å²) in [7, 11) is 0. The molecular weight excluding hydrogens is 368 g/mol. The number of carbonyl (C=O) groups excluding carboxylic acids is 3. The van der Waals surface area contributed by atoms with E-state index in [0.29, 0.717) is 24.4 Å². The summed E-state index contributed by atoms with van der Waals surface area (Å²) in [5.74, 6) is -0.733. The smallest absolute Gasteiger partial charge is 0.322 e. The summed E-state index contributed by atoms with van der Waals surface area (Å²) in [6.45, 7) is 2.36. The molecule has 0 unspecified atom stereocenters. The van der Waals surface area contributed by atoms with E-state index in [1.165, 1.54) is 0 Å². The van der Waals surface area contributed by atoms with Gasteiger partial charge >= 0.3 is 6.03 Å². The predicted octanol–water partition coefficient (Wildman–Crippen LogP) is 2.67. The Bertz CT molecular complexity index is 733. The summed E-state index contributed by atoms with van der Waals surface area (Å²) in [5, 5.41) is 7.50. The summed E-state index contributed by atoms with van der Waals surface area (Å²) in [4.78, 5) is 37.0. The highest BCUT2D eigenvalue weighted by Crippen LogP contribution is 2.33. The van der Waals surface area contributed by atoms with Crippen molar-refractivity contribution in [3.63, 3.8) is 0 Å². The van der Waals surface area contributed by atoms with E-state index in [0.717, 1.165) is 29.8 Å². The molecule has 3 N–H and O–H groups in total. The van der Waals surface area contributed by atoms with Crippen LogP contribution in [-0.4, -0.2) is 34.9 Å². The van der Waals surface area contributed by atoms with Crippen molar-refractivity contribution in [2.45, 2.75) is 57.0 Å². The van der Waals surface area contributed by atoms with Crippen LogP contribution in [0, 0.1) is 0 Å². The molecule has 0 bridgehead atoms. The normalized spacial score (nSPS) is 19.9. The molecule has 2 aliphatic rings. The van der Waals surface area contributed by atoms with Crippen LogP contribution >= 0.6 is 11.6 Å². The first-order chi connectivity index (χ1) is 12.9. The molecule has 0 aromatic heterocycles. The SMILES string of the molecule is C[C@H](NCCC(=O)NN1C(=O)NC2(CCCCC2)C1=O)c1ccccc1Cl. The largest absolute Gasteiger partial charge is 0.344 e. The highest BCUT2D eigenvalue weighted by molar-refractivity contribution is 6.31. The Balaban J connectivity index is 1.49. The lowest BCUT2D eigenvalue weighted by Gasteiger charge is -2.30. The van der Waals surface area contributed by atoms with Crippen LogP contribution in [0.15, 0.2) is 24.3 Å². The van der Waals surface area contributed by atoms with Gasteiger partial charge in [0.1, 0.15) is 5.54 Å². The Morgan fingerprint density at radius 1 is 1.26 bits per heavy atom. The summed E-state index contributed by atoms with van der Waals surface area (Å²) in [5.41, 5.74) is 2.56. The van der Waals surface area contributed by atoms with Crippen molar-refractivity contribution in [2.24, 2.45) is 0 Å². The third-order valence-corrected chi connectivity index (χ3v) is 5.62. The second kappa shape index (κ2) is 8.27. The summed E-state index contributed by atoms with van der Waals surface area (Å²) < 4.78 is 0. The number of benzene rings is 1. The van der Waals surface area contributed by atoms with Crippen LogP contribution < -0.4 is 16.1 Å². The van der Waals surface area contributed by atoms with Gasteiger partial charge in [0, 0.05) is 24.0 Å². The number of carbonyl (C=O) groups is 3. The number of halogens is 1. The number of hydrogen-bond acceptors (Lipinski definition) is 4. The van der Waals surface area contributed by atoms with E-state index in [-0.39, 0.29) is 24.3 Å². The van der Waals surface area contributed by atoms with Crippen LogP contribution in [0.1, 0.15) is 57.1 Å². The van der Waals surface area contributed by atoms with Gasteiger partial charge in [-0.05, 0) is 31.4 Å². The van der Waals surface area contributed by atoms with Crippen molar-refractivity contribution in [1.29, 1.82) is 0 Å². The zero-order chi connectivity index (χ0) is 19.4. The fourth-order valence-corrected chi connectivity index (χ4v) is 4.03. The summed E-state index contributed by atoms with van der Waals surface area (Å²) in [6.07, 6.45) is 4.25. The second-order valence-electron chi connectivity index (χ2n) is 7.20. The molecule has 1 aliphatic heterocycles. The molecule has 1 saturated carbocycles. The van der Waals surface area contributed by atoms with Gasteiger partial charge in [-0.15, -0.1) is 0 Å². The molecule has 7 nitrogen and oxygen atoms in total. The molecule has 146 valence electrons. The zero-order valence-electron chi connectivity index (χ0n) is 15.4. The van der Waals surface area contributed by atoms with Gasteiger partial charge in [-0.2, -0.15) is 5.01 Å². The third kappa shape index (κ3) is 4.25. The first kappa shape index (κ1) is 19.6. The van der Waals surface area contributed by atoms with Crippen LogP contribution in [0.25, 0.3) is 0 Å². The number of imide groups is 1. The maximum Gasteiger partial charge on any atom is 0.344 e. The Labute approximate surface area is 163 Å². The first-order valence-corrected chi connectivity index (χ1v) is 9.75. The average molecular weight is 393 g/mol. The van der Waals surface area contributed by atoms with Crippen LogP contribution in [0.3, 0.4) is 0 Å². The van der Waals surface area contributed by atoms with Crippen LogP contribution in [0.5, 0.6) is 0 Å². The molecule has 27 heavy (non-hydrogen) atoms. The molecule has 1 aromatic carbocycles. The third-order valence-electron chi connectivity index (χ3n) is 5.28. The van der Waals surface area contributed by atoms with E-state index in [9.17, 15) is 14.4 Å². The molecule has 4 amide bonds. The van der Waals surface area contributed by atoms with Gasteiger partial charge in [-0.1, -0.05) is 49.1 Å². The number of rotatable bonds is 6. The summed E-state index contributed by atoms with van der Waals surface area (Å²) in [6, 6.07) is 6.95. The molecule has 1 aliphatic carbocycles. The van der Waals surface area contributed by atoms with Crippen LogP contribution in [-0.2, 0) is 9.59 Å². The predicted molar refractivity (Wildman–Crippen MR) is 102 cm³/mol. The Morgan fingerprint density at radius 3 is 2.67 bits per heavy atom. The quantitative estimate of drug-likeness (QED) is 0.649. The van der Waals surface area contributed by atoms with E-state index in [1.54, 1.807) is 0 Å². The fourth-order valence-electron chi connectivity index (χ4n) is 3.74. The molecule has 2 fully saturated rings. The maximum absolute atomic E-state index is 12.6. The highest BCUT2D eigenvalue weighted by Gasteiger charge is 2.52. The molecule has 8 heteroatoms. The van der Waals surface area contributed by atoms with E-state index in [2.05, 4.69) is 16.1 Å². The molecule has 3 rings (SSSR count). The minimum Gasteiger partial charge on any atom is -0.322 e. The van der Waals surface area contributed by atoms with Crippen molar-refractivity contribution >= 4 is 29.4 Å². The minimum absolute atomic E-state index is 0.0197. The molecule has 0 radical (unpaired) electrons. The zero-order valence-corrected chi connectivity index (χ0v) is 16.1. The standard InChI is InChI=1S/C19H25ClN4O3/c1-13(14-7-3-4-8-15(14)20)21-12-9-16(25)23-24-17(26)19(22-18(24)27)10-5-2-6-11-19/h3-4,7-8,13,21H,2,5-6,9-12H2,1H3,(H,22,27)(H,23,25)/t13-/m0/s1. The van der Waals surface area contributed by atoms with Gasteiger partial charge in [-0.3, -0.25) is 15.0 Å². The number of hydrogen-bond donors (Lipinski definition) is 3.